The van der Waals surface area contributed by atoms with E-state index in [-0.39, 0.29) is 0 Å². The lowest BCUT2D eigenvalue weighted by Gasteiger charge is -2.10. The van der Waals surface area contributed by atoms with Crippen LogP contribution in [-0.2, 0) is 13.0 Å². The van der Waals surface area contributed by atoms with Crippen molar-refractivity contribution < 1.29 is 9.59 Å². The van der Waals surface area contributed by atoms with Crippen LogP contribution >= 0.6 is 0 Å². The zero-order valence-corrected chi connectivity index (χ0v) is 17.0. The normalized spacial score (nSPS) is 11.2. The third-order valence-corrected chi connectivity index (χ3v) is 5.62. The fourth-order valence-corrected chi connectivity index (χ4v) is 4.06. The van der Waals surface area contributed by atoms with Crippen LogP contribution in [0.2, 0.25) is 0 Å². The van der Waals surface area contributed by atoms with Gasteiger partial charge in [0.05, 0.1) is 5.52 Å². The van der Waals surface area contributed by atoms with E-state index in [4.69, 9.17) is 11.5 Å². The largest absolute Gasteiger partial charge is 0.366 e. The van der Waals surface area contributed by atoms with Crippen molar-refractivity contribution in [2.45, 2.75) is 32.7 Å². The first-order chi connectivity index (χ1) is 14.5. The number of carbonyl (C=O) groups excluding carboxylic acids is 2. The number of unbranched alkanes of at least 4 members (excludes halogenated alkanes) is 1. The highest BCUT2D eigenvalue weighted by atomic mass is 16.1. The van der Waals surface area contributed by atoms with E-state index in [2.05, 4.69) is 29.7 Å². The summed E-state index contributed by atoms with van der Waals surface area (Å²) in [5.41, 5.74) is 16.4. The number of benzene rings is 3. The Labute approximate surface area is 175 Å². The Balaban J connectivity index is 1.91. The van der Waals surface area contributed by atoms with Crippen molar-refractivity contribution in [3.8, 4) is 0 Å². The van der Waals surface area contributed by atoms with Crippen LogP contribution in [0.5, 0.6) is 0 Å². The number of fused-ring (bicyclic) bond motifs is 3. The molecule has 0 bridgehead atoms. The number of nitrogens with zero attached hydrogens (tertiary/aromatic N) is 1. The molecule has 4 aromatic rings. The molecule has 3 aromatic carbocycles. The number of hydrogen-bond donors (Lipinski definition) is 2. The maximum absolute atomic E-state index is 12.1. The molecule has 0 aliphatic heterocycles. The molecule has 30 heavy (non-hydrogen) atoms. The van der Waals surface area contributed by atoms with Gasteiger partial charge in [0.1, 0.15) is 0 Å². The lowest BCUT2D eigenvalue weighted by molar-refractivity contribution is 0.0992. The average Bonchev–Trinajstić information content (AvgIpc) is 3.05. The smallest absolute Gasteiger partial charge is 0.249 e. The van der Waals surface area contributed by atoms with Crippen LogP contribution in [0.1, 0.15) is 51.6 Å². The molecule has 0 aliphatic rings. The molecular formula is C25H25N3O2. The van der Waals surface area contributed by atoms with Crippen molar-refractivity contribution in [1.82, 2.24) is 4.57 Å². The summed E-state index contributed by atoms with van der Waals surface area (Å²) in [6.07, 6.45) is 3.29. The Kier molecular flexibility index (Phi) is 5.27. The fourth-order valence-electron chi connectivity index (χ4n) is 4.06. The molecule has 0 saturated heterocycles. The molecular weight excluding hydrogens is 374 g/mol. The zero-order chi connectivity index (χ0) is 21.3. The number of rotatable bonds is 7. The number of amides is 2. The van der Waals surface area contributed by atoms with Gasteiger partial charge in [0, 0.05) is 34.0 Å². The van der Waals surface area contributed by atoms with Crippen molar-refractivity contribution in [3.63, 3.8) is 0 Å². The van der Waals surface area contributed by atoms with Gasteiger partial charge in [-0.05, 0) is 54.3 Å². The van der Waals surface area contributed by atoms with Gasteiger partial charge in [0.2, 0.25) is 11.8 Å². The number of aryl methyl sites for hydroxylation is 1. The molecule has 5 nitrogen and oxygen atoms in total. The summed E-state index contributed by atoms with van der Waals surface area (Å²) in [6, 6.07) is 19.4. The third-order valence-electron chi connectivity index (χ3n) is 5.62. The quantitative estimate of drug-likeness (QED) is 0.483. The second kappa shape index (κ2) is 8.03. The molecule has 5 heteroatoms. The van der Waals surface area contributed by atoms with Crippen molar-refractivity contribution in [2.75, 3.05) is 0 Å². The summed E-state index contributed by atoms with van der Waals surface area (Å²) in [5, 5.41) is 1.91. The van der Waals surface area contributed by atoms with Crippen molar-refractivity contribution in [3.05, 3.63) is 82.9 Å². The van der Waals surface area contributed by atoms with Gasteiger partial charge < -0.3 is 16.0 Å². The molecule has 0 fully saturated rings. The Morgan fingerprint density at radius 3 is 2.27 bits per heavy atom. The van der Waals surface area contributed by atoms with Gasteiger partial charge >= 0.3 is 0 Å². The predicted molar refractivity (Wildman–Crippen MR) is 121 cm³/mol. The minimum absolute atomic E-state index is 0.430. The predicted octanol–water partition coefficient (Wildman–Crippen LogP) is 4.38. The van der Waals surface area contributed by atoms with Crippen molar-refractivity contribution >= 4 is 33.6 Å². The molecule has 0 radical (unpaired) electrons. The maximum Gasteiger partial charge on any atom is 0.249 e. The van der Waals surface area contributed by atoms with Gasteiger partial charge in [-0.1, -0.05) is 43.7 Å². The van der Waals surface area contributed by atoms with E-state index in [0.29, 0.717) is 17.7 Å². The molecule has 2 amide bonds. The van der Waals surface area contributed by atoms with E-state index in [1.165, 1.54) is 5.56 Å². The Morgan fingerprint density at radius 1 is 0.867 bits per heavy atom. The zero-order valence-electron chi connectivity index (χ0n) is 17.0. The summed E-state index contributed by atoms with van der Waals surface area (Å²) in [6.45, 7) is 2.79. The highest BCUT2D eigenvalue weighted by molar-refractivity contribution is 6.18. The van der Waals surface area contributed by atoms with Crippen molar-refractivity contribution in [1.29, 1.82) is 0 Å². The van der Waals surface area contributed by atoms with Gasteiger partial charge in [-0.2, -0.15) is 0 Å². The molecule has 4 rings (SSSR count). The van der Waals surface area contributed by atoms with Gasteiger partial charge in [-0.3, -0.25) is 9.59 Å². The minimum atomic E-state index is -0.440. The van der Waals surface area contributed by atoms with Crippen LogP contribution in [0.3, 0.4) is 0 Å². The second-order valence-electron chi connectivity index (χ2n) is 7.67. The fraction of sp³-hybridized carbons (Fsp3) is 0.200. The number of carbonyl (C=O) groups is 2. The van der Waals surface area contributed by atoms with E-state index in [0.717, 1.165) is 46.6 Å². The van der Waals surface area contributed by atoms with Crippen molar-refractivity contribution in [2.24, 2.45) is 11.5 Å². The summed E-state index contributed by atoms with van der Waals surface area (Å²) in [5.74, 6) is -0.870. The van der Waals surface area contributed by atoms with Crippen LogP contribution in [0.25, 0.3) is 21.8 Å². The first kappa shape index (κ1) is 19.7. The monoisotopic (exact) mass is 399 g/mol. The molecule has 0 atom stereocenters. The highest BCUT2D eigenvalue weighted by Gasteiger charge is 2.17. The van der Waals surface area contributed by atoms with Crippen LogP contribution in [0.15, 0.2) is 60.7 Å². The second-order valence-corrected chi connectivity index (χ2v) is 7.67. The molecule has 0 saturated carbocycles. The summed E-state index contributed by atoms with van der Waals surface area (Å²) >= 11 is 0. The van der Waals surface area contributed by atoms with Crippen LogP contribution < -0.4 is 11.5 Å². The summed E-state index contributed by atoms with van der Waals surface area (Å²) in [4.78, 5) is 23.5. The lowest BCUT2D eigenvalue weighted by atomic mass is 10.0. The standard InChI is InChI=1S/C25H25N3O2/c1-2-3-5-16-10-13-19-22(14-16)28(15-17-8-11-18(12-9-17)24(26)29)21-7-4-6-20(23(19)21)25(27)30/h4,6-14H,2-3,5,15H2,1H3,(H2,26,29)(H2,27,30). The SMILES string of the molecule is CCCCc1ccc2c3c(C(N)=O)cccc3n(Cc3ccc(C(N)=O)cc3)c2c1. The molecule has 4 N–H and O–H groups in total. The Morgan fingerprint density at radius 2 is 1.60 bits per heavy atom. The number of nitrogens with two attached hydrogens (primary N) is 2. The van der Waals surface area contributed by atoms with Gasteiger partial charge in [-0.25, -0.2) is 0 Å². The van der Waals surface area contributed by atoms with Gasteiger partial charge in [0.15, 0.2) is 0 Å². The molecule has 1 heterocycles. The molecule has 0 spiro atoms. The van der Waals surface area contributed by atoms with Gasteiger partial charge in [-0.15, -0.1) is 0 Å². The van der Waals surface area contributed by atoms with E-state index < -0.39 is 11.8 Å². The lowest BCUT2D eigenvalue weighted by Crippen LogP contribution is -2.11. The Bertz CT molecular complexity index is 1250. The van der Waals surface area contributed by atoms with E-state index >= 15 is 0 Å². The van der Waals surface area contributed by atoms with E-state index in [9.17, 15) is 9.59 Å². The number of hydrogen-bond acceptors (Lipinski definition) is 2. The Hall–Kier alpha value is -3.60. The third kappa shape index (κ3) is 3.54. The molecule has 1 aromatic heterocycles. The molecule has 0 aliphatic carbocycles. The number of aromatic nitrogens is 1. The van der Waals surface area contributed by atoms with Crippen LogP contribution in [0, 0.1) is 0 Å². The van der Waals surface area contributed by atoms with E-state index in [1.54, 1.807) is 18.2 Å². The molecule has 0 unspecified atom stereocenters. The van der Waals surface area contributed by atoms with E-state index in [1.807, 2.05) is 24.3 Å². The minimum Gasteiger partial charge on any atom is -0.366 e. The topological polar surface area (TPSA) is 91.1 Å². The average molecular weight is 399 g/mol. The number of primary amides is 2. The maximum atomic E-state index is 12.1. The molecule has 152 valence electrons. The van der Waals surface area contributed by atoms with Crippen LogP contribution in [-0.4, -0.2) is 16.4 Å². The van der Waals surface area contributed by atoms with Gasteiger partial charge in [0.25, 0.3) is 0 Å². The summed E-state index contributed by atoms with van der Waals surface area (Å²) in [7, 11) is 0. The highest BCUT2D eigenvalue weighted by Crippen LogP contribution is 2.33. The van der Waals surface area contributed by atoms with Crippen LogP contribution in [0.4, 0.5) is 0 Å². The first-order valence-corrected chi connectivity index (χ1v) is 10.2. The first-order valence-electron chi connectivity index (χ1n) is 10.2. The summed E-state index contributed by atoms with van der Waals surface area (Å²) < 4.78 is 2.21.